The van der Waals surface area contributed by atoms with Crippen molar-refractivity contribution in [1.82, 2.24) is 0 Å². The van der Waals surface area contributed by atoms with E-state index in [1.807, 2.05) is 0 Å². The van der Waals surface area contributed by atoms with Gasteiger partial charge in [-0.15, -0.1) is 13.2 Å². The molecule has 0 atom stereocenters. The second kappa shape index (κ2) is 5.18. The first kappa shape index (κ1) is 14.8. The molecule has 100 valence electrons. The van der Waals surface area contributed by atoms with Gasteiger partial charge in [-0.25, -0.2) is 0 Å². The maximum absolute atomic E-state index is 12.0. The molecule has 6 heteroatoms. The zero-order chi connectivity index (χ0) is 14.0. The average Bonchev–Trinajstić information content (AvgIpc) is 2.20. The lowest BCUT2D eigenvalue weighted by atomic mass is 9.87. The summed E-state index contributed by atoms with van der Waals surface area (Å²) >= 11 is 5.69. The second-order valence-electron chi connectivity index (χ2n) is 4.60. The van der Waals surface area contributed by atoms with E-state index < -0.39 is 17.5 Å². The maximum atomic E-state index is 12.0. The molecule has 1 aromatic rings. The largest absolute Gasteiger partial charge is 0.573 e. The molecule has 0 aliphatic carbocycles. The molecule has 0 saturated heterocycles. The zero-order valence-electron chi connectivity index (χ0n) is 9.84. The van der Waals surface area contributed by atoms with Crippen LogP contribution in [0.3, 0.4) is 0 Å². The Morgan fingerprint density at radius 2 is 1.94 bits per heavy atom. The fourth-order valence-electron chi connectivity index (χ4n) is 1.43. The van der Waals surface area contributed by atoms with Crippen LogP contribution < -0.4 is 4.74 Å². The van der Waals surface area contributed by atoms with Gasteiger partial charge in [-0.05, 0) is 24.1 Å². The highest BCUT2D eigenvalue weighted by Crippen LogP contribution is 2.32. The number of ether oxygens (including phenoxy) is 1. The summed E-state index contributed by atoms with van der Waals surface area (Å²) in [6.07, 6.45) is -3.59. The predicted octanol–water partition coefficient (Wildman–Crippen LogP) is 4.01. The first-order valence-corrected chi connectivity index (χ1v) is 5.51. The summed E-state index contributed by atoms with van der Waals surface area (Å²) in [6, 6.07) is 3.97. The topological polar surface area (TPSA) is 26.3 Å². The molecule has 0 aliphatic rings. The summed E-state index contributed by atoms with van der Waals surface area (Å²) < 4.78 is 39.8. The third-order valence-electron chi connectivity index (χ3n) is 2.20. The Bertz CT molecular complexity index is 441. The number of halogens is 4. The third-order valence-corrected chi connectivity index (χ3v) is 2.50. The summed E-state index contributed by atoms with van der Waals surface area (Å²) in [7, 11) is 0. The second-order valence-corrected chi connectivity index (χ2v) is 5.00. The van der Waals surface area contributed by atoms with E-state index in [0.29, 0.717) is 12.0 Å². The predicted molar refractivity (Wildman–Crippen MR) is 61.7 cm³/mol. The number of rotatable bonds is 4. The lowest BCUT2D eigenvalue weighted by Gasteiger charge is -2.17. The summed E-state index contributed by atoms with van der Waals surface area (Å²) in [4.78, 5) is 10.8. The quantitative estimate of drug-likeness (QED) is 0.779. The molecule has 0 unspecified atom stereocenters. The van der Waals surface area contributed by atoms with Gasteiger partial charge in [0.05, 0.1) is 5.02 Å². The van der Waals surface area contributed by atoms with Crippen LogP contribution in [0, 0.1) is 5.41 Å². The van der Waals surface area contributed by atoms with Gasteiger partial charge in [0.15, 0.2) is 0 Å². The third kappa shape index (κ3) is 4.56. The Labute approximate surface area is 108 Å². The van der Waals surface area contributed by atoms with E-state index in [1.165, 1.54) is 12.1 Å². The summed E-state index contributed by atoms with van der Waals surface area (Å²) in [5.74, 6) is -0.447. The van der Waals surface area contributed by atoms with Gasteiger partial charge >= 0.3 is 6.36 Å². The van der Waals surface area contributed by atoms with E-state index in [9.17, 15) is 18.0 Å². The van der Waals surface area contributed by atoms with E-state index in [0.717, 1.165) is 12.4 Å². The van der Waals surface area contributed by atoms with E-state index in [1.54, 1.807) is 13.8 Å². The fourth-order valence-corrected chi connectivity index (χ4v) is 1.67. The first-order valence-electron chi connectivity index (χ1n) is 5.13. The van der Waals surface area contributed by atoms with Crippen molar-refractivity contribution in [3.05, 3.63) is 28.8 Å². The van der Waals surface area contributed by atoms with Crippen molar-refractivity contribution in [3.63, 3.8) is 0 Å². The number of carbonyl (C=O) groups is 1. The molecule has 18 heavy (non-hydrogen) atoms. The van der Waals surface area contributed by atoms with Crippen LogP contribution in [-0.2, 0) is 11.2 Å². The fraction of sp³-hybridized carbons (Fsp3) is 0.417. The molecule has 2 nitrogen and oxygen atoms in total. The average molecular weight is 281 g/mol. The highest BCUT2D eigenvalue weighted by molar-refractivity contribution is 6.32. The number of aldehydes is 1. The van der Waals surface area contributed by atoms with Crippen LogP contribution in [0.4, 0.5) is 13.2 Å². The molecule has 0 spiro atoms. The zero-order valence-corrected chi connectivity index (χ0v) is 10.6. The summed E-state index contributed by atoms with van der Waals surface area (Å²) in [5, 5.41) is -0.133. The Morgan fingerprint density at radius 1 is 1.33 bits per heavy atom. The first-order chi connectivity index (χ1) is 8.13. The minimum Gasteiger partial charge on any atom is -0.404 e. The number of benzene rings is 1. The number of hydrogen-bond donors (Lipinski definition) is 0. The van der Waals surface area contributed by atoms with Gasteiger partial charge in [-0.2, -0.15) is 0 Å². The Hall–Kier alpha value is -1.23. The van der Waals surface area contributed by atoms with Crippen molar-refractivity contribution in [2.45, 2.75) is 26.6 Å². The Kier molecular flexibility index (Phi) is 4.27. The summed E-state index contributed by atoms with van der Waals surface area (Å²) in [5.41, 5.74) is 0.0852. The van der Waals surface area contributed by atoms with Gasteiger partial charge in [0, 0.05) is 5.41 Å². The van der Waals surface area contributed by atoms with E-state index in [-0.39, 0.29) is 5.02 Å². The lowest BCUT2D eigenvalue weighted by molar-refractivity contribution is -0.274. The van der Waals surface area contributed by atoms with Crippen molar-refractivity contribution in [2.75, 3.05) is 0 Å². The molecule has 0 radical (unpaired) electrons. The van der Waals surface area contributed by atoms with Crippen molar-refractivity contribution < 1.29 is 22.7 Å². The van der Waals surface area contributed by atoms with Crippen LogP contribution in [0.25, 0.3) is 0 Å². The highest BCUT2D eigenvalue weighted by Gasteiger charge is 2.32. The molecule has 0 amide bonds. The van der Waals surface area contributed by atoms with Crippen molar-refractivity contribution >= 4 is 17.9 Å². The minimum absolute atomic E-state index is 0.133. The van der Waals surface area contributed by atoms with Crippen molar-refractivity contribution in [1.29, 1.82) is 0 Å². The number of alkyl halides is 3. The molecule has 0 saturated carbocycles. The molecule has 0 N–H and O–H groups in total. The molecular formula is C12H12ClF3O2. The van der Waals surface area contributed by atoms with E-state index in [2.05, 4.69) is 4.74 Å². The van der Waals surface area contributed by atoms with E-state index in [4.69, 9.17) is 11.6 Å². The molecule has 1 aromatic carbocycles. The highest BCUT2D eigenvalue weighted by atomic mass is 35.5. The van der Waals surface area contributed by atoms with Crippen molar-refractivity contribution in [3.8, 4) is 5.75 Å². The molecule has 0 fully saturated rings. The van der Waals surface area contributed by atoms with Gasteiger partial charge in [-0.3, -0.25) is 0 Å². The molecular weight excluding hydrogens is 269 g/mol. The van der Waals surface area contributed by atoms with Gasteiger partial charge < -0.3 is 9.53 Å². The van der Waals surface area contributed by atoms with Crippen LogP contribution in [0.2, 0.25) is 5.02 Å². The van der Waals surface area contributed by atoms with Crippen LogP contribution in [0.15, 0.2) is 18.2 Å². The van der Waals surface area contributed by atoms with E-state index >= 15 is 0 Å². The molecule has 0 heterocycles. The van der Waals surface area contributed by atoms with Crippen LogP contribution in [-0.4, -0.2) is 12.6 Å². The van der Waals surface area contributed by atoms with Gasteiger partial charge in [-0.1, -0.05) is 31.5 Å². The number of carbonyl (C=O) groups excluding carboxylic acids is 1. The normalized spacial score (nSPS) is 12.3. The Balaban J connectivity index is 2.89. The molecule has 0 bridgehead atoms. The van der Waals surface area contributed by atoms with Crippen LogP contribution in [0.5, 0.6) is 5.75 Å². The van der Waals surface area contributed by atoms with Crippen LogP contribution >= 0.6 is 11.6 Å². The van der Waals surface area contributed by atoms with Crippen LogP contribution in [0.1, 0.15) is 19.4 Å². The van der Waals surface area contributed by atoms with Gasteiger partial charge in [0.2, 0.25) is 0 Å². The lowest BCUT2D eigenvalue weighted by Crippen LogP contribution is -2.18. The summed E-state index contributed by atoms with van der Waals surface area (Å²) in [6.45, 7) is 3.46. The monoisotopic (exact) mass is 280 g/mol. The molecule has 1 rings (SSSR count). The maximum Gasteiger partial charge on any atom is 0.573 e. The molecule has 0 aromatic heterocycles. The van der Waals surface area contributed by atoms with Crippen molar-refractivity contribution in [2.24, 2.45) is 5.41 Å². The smallest absolute Gasteiger partial charge is 0.404 e. The minimum atomic E-state index is -4.77. The Morgan fingerprint density at radius 3 is 2.39 bits per heavy atom. The molecule has 0 aliphatic heterocycles. The van der Waals surface area contributed by atoms with Gasteiger partial charge in [0.1, 0.15) is 12.0 Å². The van der Waals surface area contributed by atoms with Gasteiger partial charge in [0.25, 0.3) is 0 Å². The number of hydrogen-bond acceptors (Lipinski definition) is 2. The SMILES string of the molecule is CC(C)(C=O)Cc1ccc(OC(F)(F)F)c(Cl)c1. The standard InChI is InChI=1S/C12H12ClF3O2/c1-11(2,7-17)6-8-3-4-10(9(13)5-8)18-12(14,15)16/h3-5,7H,6H2,1-2H3.